The first-order valence-electron chi connectivity index (χ1n) is 8.48. The normalized spacial score (nSPS) is 49.6. The van der Waals surface area contributed by atoms with Gasteiger partial charge in [-0.25, -0.2) is 9.76 Å². The van der Waals surface area contributed by atoms with Gasteiger partial charge in [0, 0.05) is 36.3 Å². The van der Waals surface area contributed by atoms with E-state index in [1.807, 2.05) is 4.67 Å². The average Bonchev–Trinajstić information content (AvgIpc) is 2.48. The third-order valence-electron chi connectivity index (χ3n) is 6.35. The predicted molar refractivity (Wildman–Crippen MR) is 89.5 cm³/mol. The van der Waals surface area contributed by atoms with Gasteiger partial charge < -0.3 is 4.52 Å². The molecule has 5 fully saturated rings. The number of alkyl halides is 2. The first-order valence-corrected chi connectivity index (χ1v) is 11.1. The van der Waals surface area contributed by atoms with Crippen molar-refractivity contribution in [2.75, 3.05) is 31.5 Å². The Balaban J connectivity index is 1.57. The Morgan fingerprint density at radius 2 is 1.77 bits per heavy atom. The van der Waals surface area contributed by atoms with Crippen molar-refractivity contribution in [3.63, 3.8) is 0 Å². The van der Waals surface area contributed by atoms with Crippen LogP contribution in [0.25, 0.3) is 0 Å². The van der Waals surface area contributed by atoms with Gasteiger partial charge in [0.05, 0.1) is 6.61 Å². The molecule has 0 aromatic heterocycles. The molecule has 4 nitrogen and oxygen atoms in total. The van der Waals surface area contributed by atoms with E-state index < -0.39 is 7.67 Å². The van der Waals surface area contributed by atoms with E-state index in [0.29, 0.717) is 43.4 Å². The number of halogens is 2. The fourth-order valence-electron chi connectivity index (χ4n) is 5.82. The van der Waals surface area contributed by atoms with Crippen LogP contribution in [-0.4, -0.2) is 42.2 Å². The standard InChI is InChI=1S/C15H25Cl2N2O2P/c16-1-3-19(4-2-17)22(20)18-14-13-6-11-5-12(7-13)9-15(14,8-11)10-21-22/h11-14H,1-10H2,(H,18,20). The van der Waals surface area contributed by atoms with Crippen LogP contribution in [-0.2, 0) is 9.09 Å². The van der Waals surface area contributed by atoms with Crippen molar-refractivity contribution < 1.29 is 9.09 Å². The summed E-state index contributed by atoms with van der Waals surface area (Å²) in [5.74, 6) is 3.30. The van der Waals surface area contributed by atoms with Gasteiger partial charge in [0.1, 0.15) is 0 Å². The third-order valence-corrected chi connectivity index (χ3v) is 8.91. The lowest BCUT2D eigenvalue weighted by Gasteiger charge is -2.63. The molecule has 22 heavy (non-hydrogen) atoms. The molecule has 0 aromatic rings. The number of rotatable bonds is 5. The van der Waals surface area contributed by atoms with Crippen molar-refractivity contribution in [1.82, 2.24) is 9.76 Å². The molecule has 126 valence electrons. The van der Waals surface area contributed by atoms with Gasteiger partial charge in [0.15, 0.2) is 0 Å². The summed E-state index contributed by atoms with van der Waals surface area (Å²) in [5.41, 5.74) is 0.232. The summed E-state index contributed by atoms with van der Waals surface area (Å²) in [7, 11) is -3.00. The number of hydrogen-bond donors (Lipinski definition) is 1. The highest BCUT2D eigenvalue weighted by Crippen LogP contribution is 2.66. The Labute approximate surface area is 142 Å². The Morgan fingerprint density at radius 1 is 1.14 bits per heavy atom. The fraction of sp³-hybridized carbons (Fsp3) is 1.00. The van der Waals surface area contributed by atoms with Crippen molar-refractivity contribution in [1.29, 1.82) is 0 Å². The van der Waals surface area contributed by atoms with Gasteiger partial charge in [0.2, 0.25) is 0 Å². The maximum absolute atomic E-state index is 13.4. The maximum atomic E-state index is 13.4. The Morgan fingerprint density at radius 3 is 2.36 bits per heavy atom. The van der Waals surface area contributed by atoms with E-state index >= 15 is 0 Å². The van der Waals surface area contributed by atoms with Gasteiger partial charge in [-0.3, -0.25) is 4.57 Å². The second-order valence-electron chi connectivity index (χ2n) is 7.70. The lowest BCUT2D eigenvalue weighted by atomic mass is 9.48. The zero-order chi connectivity index (χ0) is 15.4. The van der Waals surface area contributed by atoms with Gasteiger partial charge in [-0.15, -0.1) is 23.2 Å². The number of nitrogens with one attached hydrogen (secondary N) is 1. The molecule has 1 N–H and O–H groups in total. The van der Waals surface area contributed by atoms with Crippen molar-refractivity contribution in [3.8, 4) is 0 Å². The highest BCUT2D eigenvalue weighted by atomic mass is 35.5. The van der Waals surface area contributed by atoms with Gasteiger partial charge >= 0.3 is 7.67 Å². The summed E-state index contributed by atoms with van der Waals surface area (Å²) in [6, 6.07) is 0.355. The monoisotopic (exact) mass is 366 g/mol. The summed E-state index contributed by atoms with van der Waals surface area (Å²) in [5, 5.41) is 3.48. The SMILES string of the molecule is O=P1(N(CCCl)CCCl)NC2C3CC4CC(C3)CC2(CO1)C4. The fourth-order valence-corrected chi connectivity index (χ4v) is 8.86. The molecular weight excluding hydrogens is 342 g/mol. The van der Waals surface area contributed by atoms with Gasteiger partial charge in [-0.1, -0.05) is 0 Å². The molecule has 1 saturated heterocycles. The minimum atomic E-state index is -3.00. The molecule has 5 aliphatic rings. The van der Waals surface area contributed by atoms with E-state index in [9.17, 15) is 4.57 Å². The highest BCUT2D eigenvalue weighted by Gasteiger charge is 2.61. The van der Waals surface area contributed by atoms with E-state index in [0.717, 1.165) is 11.8 Å². The Bertz CT molecular complexity index is 472. The molecular formula is C15H25Cl2N2O2P. The lowest BCUT2D eigenvalue weighted by molar-refractivity contribution is -0.112. The second kappa shape index (κ2) is 5.89. The highest BCUT2D eigenvalue weighted by molar-refractivity contribution is 7.54. The van der Waals surface area contributed by atoms with Crippen LogP contribution in [0.3, 0.4) is 0 Å². The Hall–Kier alpha value is 0.690. The quantitative estimate of drug-likeness (QED) is 0.595. The smallest absolute Gasteiger partial charge is 0.305 e. The van der Waals surface area contributed by atoms with E-state index in [1.165, 1.54) is 32.1 Å². The maximum Gasteiger partial charge on any atom is 0.343 e. The van der Waals surface area contributed by atoms with Crippen LogP contribution in [0.4, 0.5) is 0 Å². The van der Waals surface area contributed by atoms with Crippen LogP contribution >= 0.6 is 30.9 Å². The largest absolute Gasteiger partial charge is 0.343 e. The molecule has 4 unspecified atom stereocenters. The molecule has 0 amide bonds. The molecule has 1 spiro atoms. The van der Waals surface area contributed by atoms with Gasteiger partial charge in [-0.2, -0.15) is 0 Å². The topological polar surface area (TPSA) is 41.6 Å². The number of nitrogens with zero attached hydrogens (tertiary/aromatic N) is 1. The van der Waals surface area contributed by atoms with Crippen molar-refractivity contribution in [3.05, 3.63) is 0 Å². The minimum absolute atomic E-state index is 0.232. The summed E-state index contributed by atoms with van der Waals surface area (Å²) in [4.78, 5) is 0. The Kier molecular flexibility index (Phi) is 4.33. The first-order chi connectivity index (χ1) is 10.6. The molecule has 4 atom stereocenters. The summed E-state index contributed by atoms with van der Waals surface area (Å²) >= 11 is 11.8. The van der Waals surface area contributed by atoms with Gasteiger partial charge in [0.25, 0.3) is 0 Å². The molecule has 4 bridgehead atoms. The van der Waals surface area contributed by atoms with Gasteiger partial charge in [-0.05, 0) is 49.9 Å². The molecule has 0 radical (unpaired) electrons. The van der Waals surface area contributed by atoms with Crippen LogP contribution in [0.15, 0.2) is 0 Å². The van der Waals surface area contributed by atoms with Crippen molar-refractivity contribution in [2.24, 2.45) is 23.2 Å². The summed E-state index contributed by atoms with van der Waals surface area (Å²) < 4.78 is 21.2. The van der Waals surface area contributed by atoms with Crippen LogP contribution in [0.5, 0.6) is 0 Å². The van der Waals surface area contributed by atoms with E-state index in [2.05, 4.69) is 5.09 Å². The molecule has 4 saturated carbocycles. The molecule has 1 heterocycles. The second-order valence-corrected chi connectivity index (χ2v) is 10.6. The first kappa shape index (κ1) is 16.2. The number of hydrogen-bond acceptors (Lipinski definition) is 2. The van der Waals surface area contributed by atoms with Crippen molar-refractivity contribution in [2.45, 2.75) is 38.1 Å². The zero-order valence-corrected chi connectivity index (χ0v) is 15.3. The summed E-state index contributed by atoms with van der Waals surface area (Å²) in [6.07, 6.45) is 6.53. The van der Waals surface area contributed by atoms with Crippen LogP contribution in [0.1, 0.15) is 32.1 Å². The van der Waals surface area contributed by atoms with Crippen LogP contribution in [0.2, 0.25) is 0 Å². The van der Waals surface area contributed by atoms with Crippen molar-refractivity contribution >= 4 is 30.9 Å². The minimum Gasteiger partial charge on any atom is -0.305 e. The van der Waals surface area contributed by atoms with E-state index in [4.69, 9.17) is 27.7 Å². The summed E-state index contributed by atoms with van der Waals surface area (Å²) in [6.45, 7) is 1.74. The van der Waals surface area contributed by atoms with E-state index in [1.54, 1.807) is 0 Å². The average molecular weight is 367 g/mol. The van der Waals surface area contributed by atoms with E-state index in [-0.39, 0.29) is 5.41 Å². The lowest BCUT2D eigenvalue weighted by Crippen LogP contribution is -2.65. The molecule has 4 aliphatic carbocycles. The van der Waals surface area contributed by atoms with Crippen LogP contribution in [0, 0.1) is 23.2 Å². The molecule has 7 heteroatoms. The molecule has 0 aromatic carbocycles. The third kappa shape index (κ3) is 2.50. The zero-order valence-electron chi connectivity index (χ0n) is 12.8. The molecule has 5 rings (SSSR count). The predicted octanol–water partition coefficient (Wildman–Crippen LogP) is 3.69. The van der Waals surface area contributed by atoms with Crippen LogP contribution < -0.4 is 5.09 Å². The molecule has 1 aliphatic heterocycles.